The zero-order valence-electron chi connectivity index (χ0n) is 16.3. The van der Waals surface area contributed by atoms with Crippen molar-refractivity contribution in [1.82, 2.24) is 20.4 Å². The van der Waals surface area contributed by atoms with Gasteiger partial charge in [0.15, 0.2) is 0 Å². The van der Waals surface area contributed by atoms with Crippen molar-refractivity contribution in [2.45, 2.75) is 18.9 Å². The minimum atomic E-state index is -0.358. The lowest BCUT2D eigenvalue weighted by Crippen LogP contribution is -2.52. The molecule has 0 aliphatic carbocycles. The molecule has 1 aromatic carbocycles. The lowest BCUT2D eigenvalue weighted by Gasteiger charge is -2.36. The summed E-state index contributed by atoms with van der Waals surface area (Å²) < 4.78 is 18.6. The second-order valence-corrected chi connectivity index (χ2v) is 8.11. The molecule has 1 atom stereocenters. The van der Waals surface area contributed by atoms with Crippen LogP contribution in [0.2, 0.25) is 0 Å². The van der Waals surface area contributed by atoms with Gasteiger partial charge < -0.3 is 19.9 Å². The number of nitrogens with zero attached hydrogens (tertiary/aromatic N) is 4. The van der Waals surface area contributed by atoms with Crippen LogP contribution in [-0.2, 0) is 9.53 Å². The maximum atomic E-state index is 13.1. The van der Waals surface area contributed by atoms with Crippen LogP contribution in [0.15, 0.2) is 24.3 Å². The van der Waals surface area contributed by atoms with Gasteiger partial charge in [0, 0.05) is 38.5 Å². The quantitative estimate of drug-likeness (QED) is 0.747. The number of carbonyl (C=O) groups is 2. The Bertz CT molecular complexity index is 879. The van der Waals surface area contributed by atoms with Gasteiger partial charge in [-0.15, -0.1) is 10.2 Å². The van der Waals surface area contributed by atoms with Crippen LogP contribution in [0.1, 0.15) is 24.0 Å². The standard InChI is InChI=1S/C19H23FN6O3S/c20-13-3-5-14(6-4-13)25-7-9-26(10-8-25)19(28)21-12-16(27)22-18-24-23-17(30-18)15-2-1-11-29-15/h3-6,15H,1-2,7-12H2,(H,21,28)(H,22,24,27)/t15-/m1/s1. The van der Waals surface area contributed by atoms with E-state index < -0.39 is 0 Å². The average Bonchev–Trinajstić information content (AvgIpc) is 3.45. The Morgan fingerprint density at radius 1 is 1.17 bits per heavy atom. The normalized spacial score (nSPS) is 19.0. The Kier molecular flexibility index (Phi) is 6.38. The van der Waals surface area contributed by atoms with Crippen molar-refractivity contribution in [3.8, 4) is 0 Å². The molecular weight excluding hydrogens is 411 g/mol. The first-order valence-electron chi connectivity index (χ1n) is 9.86. The first-order chi connectivity index (χ1) is 14.6. The van der Waals surface area contributed by atoms with E-state index in [9.17, 15) is 14.0 Å². The van der Waals surface area contributed by atoms with E-state index in [0.29, 0.717) is 31.3 Å². The molecule has 160 valence electrons. The van der Waals surface area contributed by atoms with Crippen LogP contribution in [0.4, 0.5) is 20.0 Å². The molecule has 2 N–H and O–H groups in total. The number of amides is 3. The molecule has 30 heavy (non-hydrogen) atoms. The van der Waals surface area contributed by atoms with E-state index in [1.807, 2.05) is 0 Å². The summed E-state index contributed by atoms with van der Waals surface area (Å²) in [7, 11) is 0. The summed E-state index contributed by atoms with van der Waals surface area (Å²) in [4.78, 5) is 28.2. The van der Waals surface area contributed by atoms with Crippen LogP contribution in [-0.4, -0.2) is 66.4 Å². The van der Waals surface area contributed by atoms with Crippen LogP contribution >= 0.6 is 11.3 Å². The molecule has 2 fully saturated rings. The highest BCUT2D eigenvalue weighted by Gasteiger charge is 2.23. The molecular formula is C19H23FN6O3S. The van der Waals surface area contributed by atoms with E-state index in [4.69, 9.17) is 4.74 Å². The van der Waals surface area contributed by atoms with Gasteiger partial charge in [-0.1, -0.05) is 11.3 Å². The summed E-state index contributed by atoms with van der Waals surface area (Å²) in [5, 5.41) is 14.5. The molecule has 3 heterocycles. The summed E-state index contributed by atoms with van der Waals surface area (Å²) in [6, 6.07) is 6.02. The predicted octanol–water partition coefficient (Wildman–Crippen LogP) is 2.00. The molecule has 0 radical (unpaired) electrons. The molecule has 11 heteroatoms. The number of urea groups is 1. The second-order valence-electron chi connectivity index (χ2n) is 7.10. The SMILES string of the molecule is O=C(CNC(=O)N1CCN(c2ccc(F)cc2)CC1)Nc1nnc([C@H]2CCCO2)s1. The Balaban J connectivity index is 1.19. The number of anilines is 2. The van der Waals surface area contributed by atoms with Crippen molar-refractivity contribution < 1.29 is 18.7 Å². The molecule has 2 aliphatic rings. The number of nitrogens with one attached hydrogen (secondary N) is 2. The molecule has 0 bridgehead atoms. The molecule has 0 unspecified atom stereocenters. The van der Waals surface area contributed by atoms with Crippen molar-refractivity contribution in [2.24, 2.45) is 0 Å². The van der Waals surface area contributed by atoms with Crippen molar-refractivity contribution in [3.63, 3.8) is 0 Å². The topological polar surface area (TPSA) is 99.7 Å². The molecule has 1 aromatic heterocycles. The van der Waals surface area contributed by atoms with Gasteiger partial charge in [-0.2, -0.15) is 0 Å². The molecule has 0 saturated carbocycles. The third-order valence-electron chi connectivity index (χ3n) is 5.05. The lowest BCUT2D eigenvalue weighted by atomic mass is 10.2. The fourth-order valence-electron chi connectivity index (χ4n) is 3.44. The minimum absolute atomic E-state index is 0.0403. The number of aromatic nitrogens is 2. The zero-order valence-corrected chi connectivity index (χ0v) is 17.2. The van der Waals surface area contributed by atoms with E-state index in [-0.39, 0.29) is 30.4 Å². The van der Waals surface area contributed by atoms with Gasteiger partial charge in [0.2, 0.25) is 11.0 Å². The lowest BCUT2D eigenvalue weighted by molar-refractivity contribution is -0.115. The third-order valence-corrected chi connectivity index (χ3v) is 5.98. The van der Waals surface area contributed by atoms with Gasteiger partial charge in [-0.05, 0) is 37.1 Å². The summed E-state index contributed by atoms with van der Waals surface area (Å²) in [5.41, 5.74) is 0.926. The fraction of sp³-hybridized carbons (Fsp3) is 0.474. The molecule has 2 saturated heterocycles. The second kappa shape index (κ2) is 9.35. The summed E-state index contributed by atoms with van der Waals surface area (Å²) in [5.74, 6) is -0.630. The van der Waals surface area contributed by atoms with E-state index in [1.54, 1.807) is 17.0 Å². The predicted molar refractivity (Wildman–Crippen MR) is 110 cm³/mol. The van der Waals surface area contributed by atoms with E-state index in [0.717, 1.165) is 30.1 Å². The Hall–Kier alpha value is -2.79. The first kappa shape index (κ1) is 20.5. The Morgan fingerprint density at radius 3 is 2.63 bits per heavy atom. The fourth-order valence-corrected chi connectivity index (χ4v) is 4.28. The number of rotatable bonds is 5. The Morgan fingerprint density at radius 2 is 1.93 bits per heavy atom. The minimum Gasteiger partial charge on any atom is -0.371 e. The van der Waals surface area contributed by atoms with Gasteiger partial charge in [0.1, 0.15) is 16.9 Å². The van der Waals surface area contributed by atoms with E-state index in [2.05, 4.69) is 25.7 Å². The molecule has 2 aromatic rings. The Labute approximate surface area is 177 Å². The largest absolute Gasteiger partial charge is 0.371 e. The van der Waals surface area contributed by atoms with Crippen molar-refractivity contribution in [2.75, 3.05) is 49.5 Å². The molecule has 9 nitrogen and oxygen atoms in total. The summed E-state index contributed by atoms with van der Waals surface area (Å²) in [6.07, 6.45) is 1.87. The van der Waals surface area contributed by atoms with E-state index in [1.165, 1.54) is 23.5 Å². The third kappa shape index (κ3) is 5.03. The summed E-state index contributed by atoms with van der Waals surface area (Å²) in [6.45, 7) is 2.89. The smallest absolute Gasteiger partial charge is 0.317 e. The van der Waals surface area contributed by atoms with Crippen LogP contribution < -0.4 is 15.5 Å². The number of piperazine rings is 1. The van der Waals surface area contributed by atoms with Crippen molar-refractivity contribution in [3.05, 3.63) is 35.1 Å². The van der Waals surface area contributed by atoms with Crippen LogP contribution in [0.25, 0.3) is 0 Å². The van der Waals surface area contributed by atoms with Crippen molar-refractivity contribution in [1.29, 1.82) is 0 Å². The van der Waals surface area contributed by atoms with E-state index >= 15 is 0 Å². The van der Waals surface area contributed by atoms with Gasteiger partial charge in [-0.3, -0.25) is 10.1 Å². The molecule has 2 aliphatic heterocycles. The van der Waals surface area contributed by atoms with Crippen molar-refractivity contribution >= 4 is 34.1 Å². The molecule has 3 amide bonds. The van der Waals surface area contributed by atoms with Crippen LogP contribution in [0.5, 0.6) is 0 Å². The van der Waals surface area contributed by atoms with Gasteiger partial charge >= 0.3 is 6.03 Å². The number of halogens is 1. The maximum Gasteiger partial charge on any atom is 0.317 e. The highest BCUT2D eigenvalue weighted by atomic mass is 32.1. The highest BCUT2D eigenvalue weighted by molar-refractivity contribution is 7.15. The first-order valence-corrected chi connectivity index (χ1v) is 10.7. The number of benzene rings is 1. The van der Waals surface area contributed by atoms with Crippen LogP contribution in [0, 0.1) is 5.82 Å². The zero-order chi connectivity index (χ0) is 20.9. The highest BCUT2D eigenvalue weighted by Crippen LogP contribution is 2.31. The summed E-state index contributed by atoms with van der Waals surface area (Å²) >= 11 is 1.29. The van der Waals surface area contributed by atoms with Gasteiger partial charge in [-0.25, -0.2) is 9.18 Å². The number of ether oxygens (including phenoxy) is 1. The maximum absolute atomic E-state index is 13.1. The van der Waals surface area contributed by atoms with Gasteiger partial charge in [0.25, 0.3) is 0 Å². The van der Waals surface area contributed by atoms with Crippen LogP contribution in [0.3, 0.4) is 0 Å². The molecule has 4 rings (SSSR count). The van der Waals surface area contributed by atoms with Gasteiger partial charge in [0.05, 0.1) is 6.54 Å². The number of hydrogen-bond donors (Lipinski definition) is 2. The monoisotopic (exact) mass is 434 g/mol. The number of hydrogen-bond acceptors (Lipinski definition) is 7. The average molecular weight is 434 g/mol. The number of carbonyl (C=O) groups excluding carboxylic acids is 2. The molecule has 0 spiro atoms.